The van der Waals surface area contributed by atoms with Crippen molar-refractivity contribution < 1.29 is 12.9 Å². The molecule has 0 aromatic carbocycles. The van der Waals surface area contributed by atoms with E-state index in [1.807, 2.05) is 0 Å². The van der Waals surface area contributed by atoms with Crippen LogP contribution in [0.25, 0.3) is 0 Å². The molecule has 9 heavy (non-hydrogen) atoms. The van der Waals surface area contributed by atoms with Crippen molar-refractivity contribution in [3.63, 3.8) is 0 Å². The Morgan fingerprint density at radius 1 is 1.89 bits per heavy atom. The average molecular weight is 170 g/mol. The van der Waals surface area contributed by atoms with Crippen LogP contribution in [0.5, 0.6) is 0 Å². The topological polar surface area (TPSA) is 49.4 Å². The smallest absolute Gasteiger partial charge is 0.0848 e. The molecule has 0 aromatic heterocycles. The molecule has 0 spiro atoms. The molecule has 0 fully saturated rings. The lowest BCUT2D eigenvalue weighted by Gasteiger charge is -2.04. The molecule has 0 amide bonds. The minimum atomic E-state index is -2.46. The molecule has 0 heterocycles. The van der Waals surface area contributed by atoms with E-state index in [9.17, 15) is 8.76 Å². The minimum Gasteiger partial charge on any atom is -0.750 e. The first-order valence-electron chi connectivity index (χ1n) is 2.12. The van der Waals surface area contributed by atoms with Gasteiger partial charge in [0.2, 0.25) is 0 Å². The van der Waals surface area contributed by atoms with E-state index in [1.165, 1.54) is 0 Å². The molecule has 0 radical (unpaired) electrons. The zero-order valence-electron chi connectivity index (χ0n) is 4.63. The molecule has 0 saturated heterocycles. The van der Waals surface area contributed by atoms with Gasteiger partial charge in [0.25, 0.3) is 0 Å². The number of hydrogen-bond donors (Lipinski definition) is 0. The van der Waals surface area contributed by atoms with Crippen LogP contribution in [0.3, 0.4) is 0 Å². The van der Waals surface area contributed by atoms with Gasteiger partial charge < -0.3 is 4.55 Å². The van der Waals surface area contributed by atoms with Gasteiger partial charge in [-0.2, -0.15) is 0 Å². The van der Waals surface area contributed by atoms with Gasteiger partial charge in [-0.15, -0.1) is 11.6 Å². The highest BCUT2D eigenvalue weighted by Gasteiger charge is 1.90. The summed E-state index contributed by atoms with van der Waals surface area (Å²) < 4.78 is 23.6. The average Bonchev–Trinajstić information content (AvgIpc) is 1.83. The third kappa shape index (κ3) is 5.98. The van der Waals surface area contributed by atoms with Crippen molar-refractivity contribution in [3.8, 4) is 0 Å². The predicted molar refractivity (Wildman–Crippen MR) is 34.7 cm³/mol. The number of rotatable bonds is 4. The van der Waals surface area contributed by atoms with E-state index in [4.69, 9.17) is 11.6 Å². The summed E-state index contributed by atoms with van der Waals surface area (Å²) in [6.07, 6.45) is 0. The highest BCUT2D eigenvalue weighted by molar-refractivity contribution is 7.74. The molecule has 0 aliphatic rings. The number of hydrogen-bond acceptors (Lipinski definition) is 3. The summed E-state index contributed by atoms with van der Waals surface area (Å²) in [6, 6.07) is 0. The fourth-order valence-corrected chi connectivity index (χ4v) is 0.510. The van der Waals surface area contributed by atoms with Crippen LogP contribution < -0.4 is 0 Å². The molecule has 54 valence electrons. The van der Waals surface area contributed by atoms with Crippen molar-refractivity contribution in [2.24, 2.45) is 0 Å². The van der Waals surface area contributed by atoms with E-state index in [1.54, 1.807) is 0 Å². The lowest BCUT2D eigenvalue weighted by atomic mass is 10.4. The van der Waals surface area contributed by atoms with Crippen LogP contribution in [0.4, 0.5) is 0 Å². The van der Waals surface area contributed by atoms with Crippen molar-refractivity contribution in [2.45, 2.75) is 0 Å². The van der Waals surface area contributed by atoms with Gasteiger partial charge in [0, 0.05) is 5.88 Å². The predicted octanol–water partition coefficient (Wildman–Crippen LogP) is 0.592. The van der Waals surface area contributed by atoms with Crippen LogP contribution >= 0.6 is 11.6 Å². The molecule has 1 atom stereocenters. The summed E-state index contributed by atoms with van der Waals surface area (Å²) in [7, 11) is 0. The first-order valence-corrected chi connectivity index (χ1v) is 3.65. The molecule has 3 nitrogen and oxygen atoms in total. The van der Waals surface area contributed by atoms with E-state index in [0.717, 1.165) is 0 Å². The largest absolute Gasteiger partial charge is 0.750 e. The highest BCUT2D eigenvalue weighted by atomic mass is 35.5. The monoisotopic (exact) mass is 169 g/mol. The van der Waals surface area contributed by atoms with E-state index in [0.29, 0.717) is 5.57 Å². The number of alkyl halides is 1. The third-order valence-corrected chi connectivity index (χ3v) is 1.24. The lowest BCUT2D eigenvalue weighted by molar-refractivity contribution is 0.327. The van der Waals surface area contributed by atoms with E-state index in [-0.39, 0.29) is 12.5 Å². The Hall–Kier alpha value is 0.1000. The van der Waals surface area contributed by atoms with Crippen molar-refractivity contribution in [1.29, 1.82) is 0 Å². The Morgan fingerprint density at radius 2 is 2.44 bits per heavy atom. The van der Waals surface area contributed by atoms with Crippen molar-refractivity contribution in [3.05, 3.63) is 12.2 Å². The Labute approximate surface area is 61.1 Å². The van der Waals surface area contributed by atoms with Gasteiger partial charge in [0.15, 0.2) is 0 Å². The summed E-state index contributed by atoms with van der Waals surface area (Å²) in [5, 5.41) is 0. The Kier molecular flexibility index (Phi) is 4.99. The third-order valence-electron chi connectivity index (χ3n) is 0.548. The maximum absolute atomic E-state index is 9.71. The van der Waals surface area contributed by atoms with Gasteiger partial charge in [0.1, 0.15) is 0 Å². The van der Waals surface area contributed by atoms with Gasteiger partial charge in [0.05, 0.1) is 18.0 Å². The fraction of sp³-hybridized carbons (Fsp3) is 0.500. The zero-order valence-corrected chi connectivity index (χ0v) is 6.20. The second-order valence-corrected chi connectivity index (χ2v) is 2.26. The number of halogens is 1. The van der Waals surface area contributed by atoms with E-state index in [2.05, 4.69) is 10.8 Å². The molecular formula is C4H6ClO3S-. The molecule has 0 aromatic rings. The summed E-state index contributed by atoms with van der Waals surface area (Å²) in [5.41, 5.74) is 0.542. The van der Waals surface area contributed by atoms with Crippen LogP contribution in [-0.4, -0.2) is 21.2 Å². The Bertz CT molecular complexity index is 125. The van der Waals surface area contributed by atoms with Gasteiger partial charge in [-0.1, -0.05) is 6.58 Å². The van der Waals surface area contributed by atoms with Crippen LogP contribution in [0.2, 0.25) is 0 Å². The van der Waals surface area contributed by atoms with Crippen molar-refractivity contribution >= 4 is 23.0 Å². The molecule has 0 rings (SSSR count). The molecule has 0 bridgehead atoms. The lowest BCUT2D eigenvalue weighted by Crippen LogP contribution is -2.00. The summed E-state index contributed by atoms with van der Waals surface area (Å²) in [4.78, 5) is 0. The summed E-state index contributed by atoms with van der Waals surface area (Å²) in [5.74, 6) is 0.219. The molecular weight excluding hydrogens is 164 g/mol. The van der Waals surface area contributed by atoms with Crippen LogP contribution in [0.1, 0.15) is 0 Å². The second kappa shape index (κ2) is 4.93. The molecule has 0 saturated carbocycles. The maximum Gasteiger partial charge on any atom is 0.0848 e. The quantitative estimate of drug-likeness (QED) is 0.352. The second-order valence-electron chi connectivity index (χ2n) is 1.35. The van der Waals surface area contributed by atoms with Crippen LogP contribution in [0, 0.1) is 0 Å². The standard InChI is InChI=1S/C4H7ClO3S/c1-4(2-5)3-8-9(6)7/h1-3H2,(H,6,7)/p-1. The molecule has 0 N–H and O–H groups in total. The van der Waals surface area contributed by atoms with Gasteiger partial charge in [-0.05, 0) is 5.57 Å². The van der Waals surface area contributed by atoms with E-state index < -0.39 is 11.4 Å². The Morgan fingerprint density at radius 3 is 2.78 bits per heavy atom. The van der Waals surface area contributed by atoms with Crippen LogP contribution in [-0.2, 0) is 15.5 Å². The molecule has 5 heteroatoms. The maximum atomic E-state index is 9.71. The SMILES string of the molecule is C=C(CCl)COS(=O)[O-]. The molecule has 0 aliphatic carbocycles. The van der Waals surface area contributed by atoms with Crippen molar-refractivity contribution in [1.82, 2.24) is 0 Å². The van der Waals surface area contributed by atoms with Gasteiger partial charge >= 0.3 is 0 Å². The summed E-state index contributed by atoms with van der Waals surface area (Å²) in [6.45, 7) is 3.39. The molecule has 1 unspecified atom stereocenters. The van der Waals surface area contributed by atoms with Gasteiger partial charge in [-0.25, -0.2) is 4.21 Å². The van der Waals surface area contributed by atoms with Gasteiger partial charge in [-0.3, -0.25) is 4.18 Å². The first kappa shape index (κ1) is 9.10. The minimum absolute atomic E-state index is 0.0282. The van der Waals surface area contributed by atoms with E-state index >= 15 is 0 Å². The van der Waals surface area contributed by atoms with Crippen LogP contribution in [0.15, 0.2) is 12.2 Å². The highest BCUT2D eigenvalue weighted by Crippen LogP contribution is 1.94. The van der Waals surface area contributed by atoms with Crippen molar-refractivity contribution in [2.75, 3.05) is 12.5 Å². The Balaban J connectivity index is 3.28. The summed E-state index contributed by atoms with van der Waals surface area (Å²) >= 11 is 2.80. The fourth-order valence-electron chi connectivity index (χ4n) is 0.170. The zero-order chi connectivity index (χ0) is 7.28. The molecule has 0 aliphatic heterocycles. The first-order chi connectivity index (χ1) is 4.16. The normalized spacial score (nSPS) is 13.1.